The molecular weight excluding hydrogens is 138 g/mol. The highest BCUT2D eigenvalue weighted by Crippen LogP contribution is 2.23. The fourth-order valence-electron chi connectivity index (χ4n) is 2.60. The first-order valence-electron chi connectivity index (χ1n) is 4.31. The van der Waals surface area contributed by atoms with Crippen LogP contribution in [0.3, 0.4) is 0 Å². The van der Waals surface area contributed by atoms with Crippen LogP contribution in [-0.4, -0.2) is 37.1 Å². The van der Waals surface area contributed by atoms with Crippen LogP contribution in [0.2, 0.25) is 0 Å². The van der Waals surface area contributed by atoms with Crippen molar-refractivity contribution in [3.05, 3.63) is 0 Å². The molecule has 1 fully saturated rings. The van der Waals surface area contributed by atoms with Gasteiger partial charge in [-0.15, -0.1) is 0 Å². The highest BCUT2D eigenvalue weighted by atomic mass is 16.0. The molecule has 0 saturated carbocycles. The highest BCUT2D eigenvalue weighted by molar-refractivity contribution is 4.64. The Labute approximate surface area is 70.1 Å². The van der Waals surface area contributed by atoms with Gasteiger partial charge in [0.1, 0.15) is 0 Å². The maximum atomic E-state index is 2.37. The molecule has 1 saturated heterocycles. The lowest BCUT2D eigenvalue weighted by atomic mass is 9.91. The van der Waals surface area contributed by atoms with E-state index < -0.39 is 0 Å². The topological polar surface area (TPSA) is 30.0 Å². The van der Waals surface area contributed by atoms with Gasteiger partial charge in [0.05, 0.1) is 27.2 Å². The first kappa shape index (κ1) is 10.9. The van der Waals surface area contributed by atoms with Crippen molar-refractivity contribution in [2.45, 2.75) is 20.3 Å². The molecule has 0 radical (unpaired) electrons. The van der Waals surface area contributed by atoms with Crippen LogP contribution in [0.5, 0.6) is 0 Å². The lowest BCUT2D eigenvalue weighted by Gasteiger charge is -2.40. The van der Waals surface area contributed by atoms with Gasteiger partial charge in [-0.25, -0.2) is 0 Å². The predicted octanol–water partition coefficient (Wildman–Crippen LogP) is 1.56. The SMILES string of the molecule is C[C@H]1C[C@H](C)C[N+](C)(C)C1.[OH-]. The van der Waals surface area contributed by atoms with Crippen molar-refractivity contribution in [1.82, 2.24) is 0 Å². The Balaban J connectivity index is 0.000001000. The second-order valence-electron chi connectivity index (χ2n) is 4.75. The van der Waals surface area contributed by atoms with Gasteiger partial charge in [-0.2, -0.15) is 0 Å². The Morgan fingerprint density at radius 3 is 1.64 bits per heavy atom. The van der Waals surface area contributed by atoms with Crippen LogP contribution in [-0.2, 0) is 0 Å². The largest absolute Gasteiger partial charge is 0.870 e. The quantitative estimate of drug-likeness (QED) is 0.493. The monoisotopic (exact) mass is 159 g/mol. The average molecular weight is 159 g/mol. The third kappa shape index (κ3) is 3.21. The minimum atomic E-state index is 0. The van der Waals surface area contributed by atoms with Gasteiger partial charge in [0.15, 0.2) is 0 Å². The van der Waals surface area contributed by atoms with E-state index in [1.165, 1.54) is 24.0 Å². The second kappa shape index (κ2) is 3.55. The third-order valence-electron chi connectivity index (χ3n) is 2.42. The van der Waals surface area contributed by atoms with E-state index in [9.17, 15) is 0 Å². The van der Waals surface area contributed by atoms with Gasteiger partial charge in [0, 0.05) is 11.8 Å². The Bertz CT molecular complexity index is 111. The molecule has 2 nitrogen and oxygen atoms in total. The van der Waals surface area contributed by atoms with E-state index in [2.05, 4.69) is 27.9 Å². The van der Waals surface area contributed by atoms with E-state index in [1.54, 1.807) is 0 Å². The lowest BCUT2D eigenvalue weighted by Crippen LogP contribution is -2.49. The molecule has 0 unspecified atom stereocenters. The standard InChI is InChI=1S/C9H20N.H2O/c1-8-5-9(2)7-10(3,4)6-8;/h8-9H,5-7H2,1-4H3;1H2/q+1;/p-1/t8-,9-;/m0./s1. The van der Waals surface area contributed by atoms with E-state index >= 15 is 0 Å². The normalized spacial score (nSPS) is 36.0. The summed E-state index contributed by atoms with van der Waals surface area (Å²) in [6.07, 6.45) is 1.43. The van der Waals surface area contributed by atoms with Gasteiger partial charge in [0.2, 0.25) is 0 Å². The summed E-state index contributed by atoms with van der Waals surface area (Å²) in [5.41, 5.74) is 0. The van der Waals surface area contributed by atoms with Crippen molar-refractivity contribution in [1.29, 1.82) is 0 Å². The summed E-state index contributed by atoms with van der Waals surface area (Å²) in [5.74, 6) is 1.86. The number of piperidine rings is 1. The molecule has 0 aliphatic carbocycles. The number of quaternary nitrogens is 1. The number of likely N-dealkylation sites (tertiary alicyclic amines) is 1. The first-order valence-corrected chi connectivity index (χ1v) is 4.31. The second-order valence-corrected chi connectivity index (χ2v) is 4.75. The summed E-state index contributed by atoms with van der Waals surface area (Å²) >= 11 is 0. The molecule has 1 rings (SSSR count). The summed E-state index contributed by atoms with van der Waals surface area (Å²) < 4.78 is 1.22. The Kier molecular flexibility index (Phi) is 3.52. The number of hydrogen-bond acceptors (Lipinski definition) is 1. The van der Waals surface area contributed by atoms with E-state index in [-0.39, 0.29) is 5.48 Å². The maximum Gasteiger partial charge on any atom is 0.0808 e. The summed E-state index contributed by atoms with van der Waals surface area (Å²) in [5, 5.41) is 0. The summed E-state index contributed by atoms with van der Waals surface area (Å²) in [6.45, 7) is 7.47. The fourth-order valence-corrected chi connectivity index (χ4v) is 2.60. The van der Waals surface area contributed by atoms with E-state index in [1.807, 2.05) is 0 Å². The molecule has 0 spiro atoms. The zero-order valence-corrected chi connectivity index (χ0v) is 8.17. The molecular formula is C9H21NO. The molecule has 1 aliphatic rings. The minimum absolute atomic E-state index is 0. The summed E-state index contributed by atoms with van der Waals surface area (Å²) in [4.78, 5) is 0. The van der Waals surface area contributed by atoms with Crippen molar-refractivity contribution in [3.63, 3.8) is 0 Å². The Hall–Kier alpha value is -0.0800. The molecule has 11 heavy (non-hydrogen) atoms. The molecule has 0 bridgehead atoms. The smallest absolute Gasteiger partial charge is 0.0808 e. The third-order valence-corrected chi connectivity index (χ3v) is 2.42. The average Bonchev–Trinajstić information content (AvgIpc) is 1.54. The van der Waals surface area contributed by atoms with Crippen LogP contribution in [0.15, 0.2) is 0 Å². The molecule has 0 aromatic carbocycles. The molecule has 0 amide bonds. The number of rotatable bonds is 0. The van der Waals surface area contributed by atoms with Crippen molar-refractivity contribution in [2.75, 3.05) is 27.2 Å². The van der Waals surface area contributed by atoms with Crippen LogP contribution in [0, 0.1) is 11.8 Å². The number of nitrogens with zero attached hydrogens (tertiary/aromatic N) is 1. The summed E-state index contributed by atoms with van der Waals surface area (Å²) in [6, 6.07) is 0. The lowest BCUT2D eigenvalue weighted by molar-refractivity contribution is -0.902. The molecule has 0 aromatic heterocycles. The minimum Gasteiger partial charge on any atom is -0.870 e. The van der Waals surface area contributed by atoms with Gasteiger partial charge in [-0.1, -0.05) is 13.8 Å². The molecule has 2 heteroatoms. The van der Waals surface area contributed by atoms with Crippen LogP contribution in [0.1, 0.15) is 20.3 Å². The van der Waals surface area contributed by atoms with Gasteiger partial charge in [0.25, 0.3) is 0 Å². The number of hydrogen-bond donors (Lipinski definition) is 0. The zero-order valence-electron chi connectivity index (χ0n) is 8.17. The van der Waals surface area contributed by atoms with E-state index in [0.29, 0.717) is 0 Å². The molecule has 1 aliphatic heterocycles. The molecule has 2 atom stereocenters. The van der Waals surface area contributed by atoms with Crippen LogP contribution < -0.4 is 0 Å². The van der Waals surface area contributed by atoms with Crippen molar-refractivity contribution >= 4 is 0 Å². The highest BCUT2D eigenvalue weighted by Gasteiger charge is 2.28. The molecule has 0 aromatic rings. The molecule has 68 valence electrons. The van der Waals surface area contributed by atoms with Crippen LogP contribution in [0.4, 0.5) is 0 Å². The van der Waals surface area contributed by atoms with Crippen molar-refractivity contribution < 1.29 is 9.96 Å². The van der Waals surface area contributed by atoms with E-state index in [4.69, 9.17) is 0 Å². The van der Waals surface area contributed by atoms with Crippen molar-refractivity contribution in [3.8, 4) is 0 Å². The Morgan fingerprint density at radius 2 is 1.36 bits per heavy atom. The van der Waals surface area contributed by atoms with Crippen LogP contribution in [0.25, 0.3) is 0 Å². The van der Waals surface area contributed by atoms with Gasteiger partial charge < -0.3 is 9.96 Å². The maximum absolute atomic E-state index is 2.37. The molecule has 1 N–H and O–H groups in total. The Morgan fingerprint density at radius 1 is 1.00 bits per heavy atom. The zero-order chi connectivity index (χ0) is 7.78. The first-order chi connectivity index (χ1) is 4.49. The van der Waals surface area contributed by atoms with Crippen molar-refractivity contribution in [2.24, 2.45) is 11.8 Å². The fraction of sp³-hybridized carbons (Fsp3) is 1.00. The van der Waals surface area contributed by atoms with Gasteiger partial charge >= 0.3 is 0 Å². The van der Waals surface area contributed by atoms with Crippen LogP contribution >= 0.6 is 0 Å². The van der Waals surface area contributed by atoms with Gasteiger partial charge in [-0.05, 0) is 6.42 Å². The van der Waals surface area contributed by atoms with Gasteiger partial charge in [-0.3, -0.25) is 0 Å². The predicted molar refractivity (Wildman–Crippen MR) is 46.7 cm³/mol. The summed E-state index contributed by atoms with van der Waals surface area (Å²) in [7, 11) is 4.68. The van der Waals surface area contributed by atoms with E-state index in [0.717, 1.165) is 11.8 Å². The molecule has 1 heterocycles.